The highest BCUT2D eigenvalue weighted by Gasteiger charge is 2.36. The van der Waals surface area contributed by atoms with Crippen LogP contribution in [0.4, 0.5) is 4.79 Å². The van der Waals surface area contributed by atoms with E-state index in [1.165, 1.54) is 27.8 Å². The number of rotatable bonds is 5. The highest BCUT2D eigenvalue weighted by atomic mass is 16.6. The van der Waals surface area contributed by atoms with Crippen LogP contribution in [0.2, 0.25) is 0 Å². The van der Waals surface area contributed by atoms with Gasteiger partial charge in [0.1, 0.15) is 6.61 Å². The molecule has 3 aromatic carbocycles. The van der Waals surface area contributed by atoms with E-state index < -0.39 is 0 Å². The molecule has 1 N–H and O–H groups in total. The first-order valence-corrected chi connectivity index (χ1v) is 11.4. The van der Waals surface area contributed by atoms with Crippen LogP contribution in [-0.4, -0.2) is 42.4 Å². The first-order chi connectivity index (χ1) is 15.7. The van der Waals surface area contributed by atoms with Gasteiger partial charge in [-0.2, -0.15) is 0 Å². The summed E-state index contributed by atoms with van der Waals surface area (Å²) in [6.45, 7) is 1.72. The summed E-state index contributed by atoms with van der Waals surface area (Å²) in [7, 11) is 0. The summed E-state index contributed by atoms with van der Waals surface area (Å²) >= 11 is 0. The predicted molar refractivity (Wildman–Crippen MR) is 126 cm³/mol. The molecule has 0 saturated carbocycles. The van der Waals surface area contributed by atoms with Crippen LogP contribution in [0.25, 0.3) is 11.1 Å². The lowest BCUT2D eigenvalue weighted by atomic mass is 9.74. The normalized spacial score (nSPS) is 17.0. The van der Waals surface area contributed by atoms with Crippen LogP contribution in [0, 0.1) is 5.41 Å². The molecule has 1 fully saturated rings. The van der Waals surface area contributed by atoms with E-state index in [0.29, 0.717) is 19.7 Å². The van der Waals surface area contributed by atoms with Gasteiger partial charge in [0, 0.05) is 31.0 Å². The zero-order valence-electron chi connectivity index (χ0n) is 18.2. The maximum absolute atomic E-state index is 12.9. The van der Waals surface area contributed by atoms with Crippen LogP contribution in [0.15, 0.2) is 78.9 Å². The minimum atomic E-state index is -0.252. The molecule has 4 nitrogen and oxygen atoms in total. The Bertz CT molecular complexity index is 1040. The predicted octanol–water partition coefficient (Wildman–Crippen LogP) is 5.25. The quantitative estimate of drug-likeness (QED) is 0.605. The fourth-order valence-electron chi connectivity index (χ4n) is 5.27. The molecule has 1 saturated heterocycles. The van der Waals surface area contributed by atoms with Gasteiger partial charge in [0.15, 0.2) is 0 Å². The van der Waals surface area contributed by atoms with E-state index in [-0.39, 0.29) is 24.0 Å². The van der Waals surface area contributed by atoms with Crippen molar-refractivity contribution in [1.82, 2.24) is 4.90 Å². The van der Waals surface area contributed by atoms with Crippen molar-refractivity contribution in [2.45, 2.75) is 25.2 Å². The maximum Gasteiger partial charge on any atom is 0.409 e. The van der Waals surface area contributed by atoms with Gasteiger partial charge in [-0.1, -0.05) is 78.9 Å². The van der Waals surface area contributed by atoms with E-state index in [1.54, 1.807) is 4.90 Å². The Kier molecular flexibility index (Phi) is 5.71. The van der Waals surface area contributed by atoms with Gasteiger partial charge < -0.3 is 14.7 Å². The Morgan fingerprint density at radius 3 is 2.03 bits per heavy atom. The number of piperidine rings is 1. The topological polar surface area (TPSA) is 49.8 Å². The van der Waals surface area contributed by atoms with Crippen LogP contribution in [0.5, 0.6) is 0 Å². The zero-order valence-corrected chi connectivity index (χ0v) is 18.2. The van der Waals surface area contributed by atoms with Crippen molar-refractivity contribution < 1.29 is 14.6 Å². The fourth-order valence-corrected chi connectivity index (χ4v) is 5.27. The SMILES string of the molecule is O=C(OCC1c2ccccc2-c2ccccc21)N1CCC(CO)(Cc2ccccc2)CC1. The third kappa shape index (κ3) is 3.91. The molecule has 0 atom stereocenters. The van der Waals surface area contributed by atoms with Crippen molar-refractivity contribution >= 4 is 6.09 Å². The molecule has 32 heavy (non-hydrogen) atoms. The summed E-state index contributed by atoms with van der Waals surface area (Å²) in [6, 6.07) is 27.0. The number of benzene rings is 3. The van der Waals surface area contributed by atoms with Crippen molar-refractivity contribution in [3.05, 3.63) is 95.6 Å². The third-order valence-corrected chi connectivity index (χ3v) is 7.18. The number of carbonyl (C=O) groups is 1. The summed E-state index contributed by atoms with van der Waals surface area (Å²) in [5.74, 6) is 0.0748. The van der Waals surface area contributed by atoms with Gasteiger partial charge in [0.05, 0.1) is 0 Å². The van der Waals surface area contributed by atoms with E-state index in [4.69, 9.17) is 4.74 Å². The van der Waals surface area contributed by atoms with Crippen molar-refractivity contribution in [1.29, 1.82) is 0 Å². The highest BCUT2D eigenvalue weighted by molar-refractivity contribution is 5.79. The molecule has 0 spiro atoms. The number of aliphatic hydroxyl groups excluding tert-OH is 1. The molecule has 1 amide bonds. The Labute approximate surface area is 189 Å². The molecule has 0 aromatic heterocycles. The van der Waals surface area contributed by atoms with E-state index in [2.05, 4.69) is 48.5 Å². The number of fused-ring (bicyclic) bond motifs is 3. The van der Waals surface area contributed by atoms with Crippen LogP contribution in [0.3, 0.4) is 0 Å². The molecule has 4 heteroatoms. The van der Waals surface area contributed by atoms with Crippen LogP contribution in [0.1, 0.15) is 35.4 Å². The summed E-state index contributed by atoms with van der Waals surface area (Å²) in [6.07, 6.45) is 2.15. The van der Waals surface area contributed by atoms with E-state index in [0.717, 1.165) is 19.3 Å². The molecule has 1 heterocycles. The third-order valence-electron chi connectivity index (χ3n) is 7.18. The van der Waals surface area contributed by atoms with Gasteiger partial charge in [-0.15, -0.1) is 0 Å². The molecule has 5 rings (SSSR count). The first-order valence-electron chi connectivity index (χ1n) is 11.4. The van der Waals surface area contributed by atoms with E-state index in [1.807, 2.05) is 30.3 Å². The standard InChI is InChI=1S/C28H29NO3/c30-20-28(18-21-8-2-1-3-9-21)14-16-29(17-15-28)27(31)32-19-26-24-12-6-4-10-22(24)23-11-5-7-13-25(23)26/h1-13,26,30H,14-20H2. The number of carbonyl (C=O) groups excluding carboxylic acids is 1. The molecule has 2 aliphatic rings. The van der Waals surface area contributed by atoms with Gasteiger partial charge in [-0.25, -0.2) is 4.79 Å². The van der Waals surface area contributed by atoms with Gasteiger partial charge >= 0.3 is 6.09 Å². The minimum absolute atomic E-state index is 0.0748. The molecule has 1 aliphatic carbocycles. The van der Waals surface area contributed by atoms with Crippen LogP contribution >= 0.6 is 0 Å². The number of amides is 1. The van der Waals surface area contributed by atoms with Crippen LogP contribution in [-0.2, 0) is 11.2 Å². The van der Waals surface area contributed by atoms with Crippen molar-refractivity contribution in [3.63, 3.8) is 0 Å². The lowest BCUT2D eigenvalue weighted by Gasteiger charge is -2.40. The number of nitrogens with zero attached hydrogens (tertiary/aromatic N) is 1. The maximum atomic E-state index is 12.9. The van der Waals surface area contributed by atoms with E-state index in [9.17, 15) is 9.90 Å². The summed E-state index contributed by atoms with van der Waals surface area (Å²) in [5.41, 5.74) is 5.98. The minimum Gasteiger partial charge on any atom is -0.448 e. The van der Waals surface area contributed by atoms with Gasteiger partial charge in [0.2, 0.25) is 0 Å². The molecule has 0 unspecified atom stereocenters. The Morgan fingerprint density at radius 1 is 0.875 bits per heavy atom. The molecule has 3 aromatic rings. The second-order valence-corrected chi connectivity index (χ2v) is 9.11. The Morgan fingerprint density at radius 2 is 1.44 bits per heavy atom. The van der Waals surface area contributed by atoms with Gasteiger partial charge in [-0.05, 0) is 47.1 Å². The fraction of sp³-hybridized carbons (Fsp3) is 0.321. The average Bonchev–Trinajstić information content (AvgIpc) is 3.17. The monoisotopic (exact) mass is 427 g/mol. The summed E-state index contributed by atoms with van der Waals surface area (Å²) in [5, 5.41) is 10.1. The Hall–Kier alpha value is -3.11. The summed E-state index contributed by atoms with van der Waals surface area (Å²) < 4.78 is 5.82. The van der Waals surface area contributed by atoms with Crippen LogP contribution < -0.4 is 0 Å². The van der Waals surface area contributed by atoms with Crippen molar-refractivity contribution in [2.24, 2.45) is 5.41 Å². The second kappa shape index (κ2) is 8.79. The lowest BCUT2D eigenvalue weighted by Crippen LogP contribution is -2.46. The van der Waals surface area contributed by atoms with E-state index >= 15 is 0 Å². The molecule has 0 radical (unpaired) electrons. The van der Waals surface area contributed by atoms with Gasteiger partial charge in [-0.3, -0.25) is 0 Å². The number of hydrogen-bond donors (Lipinski definition) is 1. The Balaban J connectivity index is 1.22. The van der Waals surface area contributed by atoms with Crippen molar-refractivity contribution in [2.75, 3.05) is 26.3 Å². The van der Waals surface area contributed by atoms with Crippen molar-refractivity contribution in [3.8, 4) is 11.1 Å². The molecular formula is C28H29NO3. The molecular weight excluding hydrogens is 398 g/mol. The number of aliphatic hydroxyl groups is 1. The smallest absolute Gasteiger partial charge is 0.409 e. The molecule has 0 bridgehead atoms. The largest absolute Gasteiger partial charge is 0.448 e. The number of ether oxygens (including phenoxy) is 1. The van der Waals surface area contributed by atoms with Gasteiger partial charge in [0.25, 0.3) is 0 Å². The molecule has 164 valence electrons. The average molecular weight is 428 g/mol. The lowest BCUT2D eigenvalue weighted by molar-refractivity contribution is 0.0335. The number of hydrogen-bond acceptors (Lipinski definition) is 3. The number of likely N-dealkylation sites (tertiary alicyclic amines) is 1. The second-order valence-electron chi connectivity index (χ2n) is 9.11. The zero-order chi connectivity index (χ0) is 22.0. The first kappa shape index (κ1) is 20.8. The summed E-state index contributed by atoms with van der Waals surface area (Å²) in [4.78, 5) is 14.7. The molecule has 1 aliphatic heterocycles. The highest BCUT2D eigenvalue weighted by Crippen LogP contribution is 2.44.